The van der Waals surface area contributed by atoms with Crippen LogP contribution in [-0.2, 0) is 4.74 Å². The predicted molar refractivity (Wildman–Crippen MR) is 87.2 cm³/mol. The van der Waals surface area contributed by atoms with E-state index in [1.54, 1.807) is 48.0 Å². The summed E-state index contributed by atoms with van der Waals surface area (Å²) in [6.07, 6.45) is 0. The van der Waals surface area contributed by atoms with Crippen molar-refractivity contribution >= 4 is 33.3 Å². The number of rotatable bonds is 5. The van der Waals surface area contributed by atoms with Gasteiger partial charge in [0.1, 0.15) is 5.75 Å². The van der Waals surface area contributed by atoms with Crippen molar-refractivity contribution in [2.24, 2.45) is 0 Å². The van der Waals surface area contributed by atoms with Crippen LogP contribution in [0.5, 0.6) is 5.75 Å². The molecule has 0 aliphatic heterocycles. The number of ether oxygens (including phenoxy) is 2. The third kappa shape index (κ3) is 3.37. The molecule has 3 rings (SSSR count). The minimum atomic E-state index is -0.531. The van der Waals surface area contributed by atoms with Gasteiger partial charge in [-0.25, -0.2) is 9.78 Å². The lowest BCUT2D eigenvalue weighted by Crippen LogP contribution is -2.14. The first kappa shape index (κ1) is 15.2. The van der Waals surface area contributed by atoms with E-state index in [-0.39, 0.29) is 12.4 Å². The molecule has 6 heteroatoms. The van der Waals surface area contributed by atoms with Crippen LogP contribution >= 0.6 is 11.3 Å². The molecular formula is C17H13NO4S. The first-order valence-corrected chi connectivity index (χ1v) is 7.73. The Bertz CT molecular complexity index is 872. The molecule has 3 aromatic rings. The number of aromatic nitrogens is 1. The van der Waals surface area contributed by atoms with E-state index in [9.17, 15) is 9.59 Å². The maximum Gasteiger partial charge on any atom is 0.338 e. The molecule has 23 heavy (non-hydrogen) atoms. The molecular weight excluding hydrogens is 314 g/mol. The summed E-state index contributed by atoms with van der Waals surface area (Å²) < 4.78 is 11.1. The maximum atomic E-state index is 12.1. The highest BCUT2D eigenvalue weighted by Gasteiger charge is 2.13. The van der Waals surface area contributed by atoms with Crippen LogP contribution < -0.4 is 4.74 Å². The predicted octanol–water partition coefficient (Wildman–Crippen LogP) is 3.34. The second kappa shape index (κ2) is 6.58. The van der Waals surface area contributed by atoms with Crippen LogP contribution in [0.4, 0.5) is 0 Å². The number of ketones is 1. The van der Waals surface area contributed by atoms with Crippen molar-refractivity contribution in [3.05, 3.63) is 59.1 Å². The van der Waals surface area contributed by atoms with Crippen LogP contribution in [0.15, 0.2) is 48.0 Å². The Labute approximate surface area is 136 Å². The van der Waals surface area contributed by atoms with Gasteiger partial charge >= 0.3 is 5.97 Å². The van der Waals surface area contributed by atoms with E-state index in [1.165, 1.54) is 18.4 Å². The molecule has 0 spiro atoms. The van der Waals surface area contributed by atoms with Crippen LogP contribution in [-0.4, -0.2) is 30.5 Å². The van der Waals surface area contributed by atoms with Crippen LogP contribution in [0.2, 0.25) is 0 Å². The molecule has 0 atom stereocenters. The number of hydrogen-bond acceptors (Lipinski definition) is 6. The lowest BCUT2D eigenvalue weighted by molar-refractivity contribution is 0.0475. The SMILES string of the molecule is COc1cccc(C(=O)COC(=O)c2ccc3ncsc3c2)c1. The molecule has 0 aliphatic rings. The van der Waals surface area contributed by atoms with E-state index >= 15 is 0 Å². The smallest absolute Gasteiger partial charge is 0.338 e. The summed E-state index contributed by atoms with van der Waals surface area (Å²) in [4.78, 5) is 28.3. The third-order valence-electron chi connectivity index (χ3n) is 3.29. The molecule has 0 bridgehead atoms. The zero-order valence-electron chi connectivity index (χ0n) is 12.3. The molecule has 0 fully saturated rings. The second-order valence-electron chi connectivity index (χ2n) is 4.77. The van der Waals surface area contributed by atoms with E-state index in [1.807, 2.05) is 0 Å². The molecule has 0 saturated heterocycles. The standard InChI is InChI=1S/C17H13NO4S/c1-21-13-4-2-3-11(7-13)15(19)9-22-17(20)12-5-6-14-16(8-12)23-10-18-14/h2-8,10H,9H2,1H3. The lowest BCUT2D eigenvalue weighted by atomic mass is 10.1. The van der Waals surface area contributed by atoms with Gasteiger partial charge in [-0.15, -0.1) is 11.3 Å². The first-order chi connectivity index (χ1) is 11.2. The minimum Gasteiger partial charge on any atom is -0.497 e. The van der Waals surface area contributed by atoms with Gasteiger partial charge in [0.15, 0.2) is 12.4 Å². The van der Waals surface area contributed by atoms with Crippen molar-refractivity contribution in [3.63, 3.8) is 0 Å². The van der Waals surface area contributed by atoms with Gasteiger partial charge in [-0.1, -0.05) is 12.1 Å². The highest BCUT2D eigenvalue weighted by atomic mass is 32.1. The summed E-state index contributed by atoms with van der Waals surface area (Å²) in [6, 6.07) is 11.8. The Kier molecular flexibility index (Phi) is 4.34. The van der Waals surface area contributed by atoms with Crippen molar-refractivity contribution in [1.29, 1.82) is 0 Å². The number of carbonyl (C=O) groups is 2. The maximum absolute atomic E-state index is 12.1. The number of methoxy groups -OCH3 is 1. The molecule has 0 amide bonds. The van der Waals surface area contributed by atoms with E-state index in [0.29, 0.717) is 16.9 Å². The number of fused-ring (bicyclic) bond motifs is 1. The lowest BCUT2D eigenvalue weighted by Gasteiger charge is -2.06. The molecule has 0 aliphatic carbocycles. The second-order valence-corrected chi connectivity index (χ2v) is 5.65. The van der Waals surface area contributed by atoms with Crippen molar-refractivity contribution in [2.45, 2.75) is 0 Å². The van der Waals surface area contributed by atoms with Crippen LogP contribution in [0.1, 0.15) is 20.7 Å². The van der Waals surface area contributed by atoms with Crippen molar-refractivity contribution in [2.75, 3.05) is 13.7 Å². The summed E-state index contributed by atoms with van der Waals surface area (Å²) >= 11 is 1.44. The fourth-order valence-electron chi connectivity index (χ4n) is 2.08. The molecule has 1 aromatic heterocycles. The minimum absolute atomic E-state index is 0.281. The fourth-order valence-corrected chi connectivity index (χ4v) is 2.79. The molecule has 2 aromatic carbocycles. The van der Waals surface area contributed by atoms with Gasteiger partial charge in [-0.2, -0.15) is 0 Å². The summed E-state index contributed by atoms with van der Waals surface area (Å²) in [6.45, 7) is -0.313. The fraction of sp³-hybridized carbons (Fsp3) is 0.118. The van der Waals surface area contributed by atoms with E-state index in [0.717, 1.165) is 10.2 Å². The Morgan fingerprint density at radius 2 is 2.00 bits per heavy atom. The Morgan fingerprint density at radius 3 is 2.83 bits per heavy atom. The van der Waals surface area contributed by atoms with Crippen molar-refractivity contribution in [1.82, 2.24) is 4.98 Å². The van der Waals surface area contributed by atoms with Gasteiger partial charge in [0.2, 0.25) is 0 Å². The molecule has 0 radical (unpaired) electrons. The quantitative estimate of drug-likeness (QED) is 0.531. The Morgan fingerprint density at radius 1 is 1.13 bits per heavy atom. The summed E-state index contributed by atoms with van der Waals surface area (Å²) in [5, 5.41) is 0. The van der Waals surface area contributed by atoms with E-state index < -0.39 is 5.97 Å². The Balaban J connectivity index is 1.66. The zero-order chi connectivity index (χ0) is 16.2. The topological polar surface area (TPSA) is 65.5 Å². The number of hydrogen-bond donors (Lipinski definition) is 0. The number of Topliss-reactive ketones (excluding diaryl/α,β-unsaturated/α-hetero) is 1. The van der Waals surface area contributed by atoms with Gasteiger partial charge in [0.25, 0.3) is 0 Å². The third-order valence-corrected chi connectivity index (χ3v) is 4.08. The highest BCUT2D eigenvalue weighted by Crippen LogP contribution is 2.19. The number of esters is 1. The molecule has 1 heterocycles. The van der Waals surface area contributed by atoms with Gasteiger partial charge in [0.05, 0.1) is 28.4 Å². The zero-order valence-corrected chi connectivity index (χ0v) is 13.1. The van der Waals surface area contributed by atoms with Gasteiger partial charge in [0, 0.05) is 5.56 Å². The average molecular weight is 327 g/mol. The highest BCUT2D eigenvalue weighted by molar-refractivity contribution is 7.16. The molecule has 5 nitrogen and oxygen atoms in total. The monoisotopic (exact) mass is 327 g/mol. The van der Waals surface area contributed by atoms with Crippen LogP contribution in [0.25, 0.3) is 10.2 Å². The number of thiazole rings is 1. The van der Waals surface area contributed by atoms with Gasteiger partial charge in [-0.3, -0.25) is 4.79 Å². The Hall–Kier alpha value is -2.73. The number of nitrogens with zero attached hydrogens (tertiary/aromatic N) is 1. The average Bonchev–Trinajstić information content (AvgIpc) is 3.07. The van der Waals surface area contributed by atoms with Gasteiger partial charge < -0.3 is 9.47 Å². The normalized spacial score (nSPS) is 10.5. The summed E-state index contributed by atoms with van der Waals surface area (Å²) in [5.41, 5.74) is 3.39. The summed E-state index contributed by atoms with van der Waals surface area (Å²) in [5.74, 6) is -0.231. The number of benzene rings is 2. The first-order valence-electron chi connectivity index (χ1n) is 6.85. The van der Waals surface area contributed by atoms with E-state index in [4.69, 9.17) is 9.47 Å². The molecule has 0 N–H and O–H groups in total. The van der Waals surface area contributed by atoms with Gasteiger partial charge in [-0.05, 0) is 30.3 Å². The van der Waals surface area contributed by atoms with Crippen LogP contribution in [0, 0.1) is 0 Å². The molecule has 0 unspecified atom stereocenters. The largest absolute Gasteiger partial charge is 0.497 e. The molecule has 0 saturated carbocycles. The molecule has 116 valence electrons. The van der Waals surface area contributed by atoms with Crippen LogP contribution in [0.3, 0.4) is 0 Å². The summed E-state index contributed by atoms with van der Waals surface area (Å²) in [7, 11) is 1.53. The van der Waals surface area contributed by atoms with Crippen molar-refractivity contribution < 1.29 is 19.1 Å². The van der Waals surface area contributed by atoms with E-state index in [2.05, 4.69) is 4.98 Å². The number of carbonyl (C=O) groups excluding carboxylic acids is 2. The van der Waals surface area contributed by atoms with Crippen molar-refractivity contribution in [3.8, 4) is 5.75 Å².